The Kier molecular flexibility index (Phi) is 5.47. The van der Waals surface area contributed by atoms with Crippen molar-refractivity contribution < 1.29 is 9.59 Å². The Bertz CT molecular complexity index is 991. The number of nitrogens with two attached hydrogens (primary N) is 1. The summed E-state index contributed by atoms with van der Waals surface area (Å²) >= 11 is 0. The predicted octanol–water partition coefficient (Wildman–Crippen LogP) is 4.46. The van der Waals surface area contributed by atoms with Gasteiger partial charge in [-0.3, -0.25) is 9.59 Å². The topological polar surface area (TPSA) is 72.2 Å². The van der Waals surface area contributed by atoms with Gasteiger partial charge < -0.3 is 11.1 Å². The highest BCUT2D eigenvalue weighted by molar-refractivity contribution is 6.15. The fourth-order valence-electron chi connectivity index (χ4n) is 2.63. The van der Waals surface area contributed by atoms with Gasteiger partial charge in [0.25, 0.3) is 0 Å². The molecule has 0 spiro atoms. The Hall–Kier alpha value is -3.66. The maximum absolute atomic E-state index is 12.8. The third kappa shape index (κ3) is 4.70. The zero-order valence-electron chi connectivity index (χ0n) is 15.0. The second-order valence-electron chi connectivity index (χ2n) is 6.23. The fraction of sp³-hybridized carbons (Fsp3) is 0.0435. The van der Waals surface area contributed by atoms with Crippen LogP contribution in [0.3, 0.4) is 0 Å². The molecule has 0 aliphatic rings. The van der Waals surface area contributed by atoms with Gasteiger partial charge in [0.2, 0.25) is 5.91 Å². The van der Waals surface area contributed by atoms with E-state index < -0.39 is 0 Å². The first-order valence-corrected chi connectivity index (χ1v) is 8.58. The number of carbonyl (C=O) groups excluding carboxylic acids is 2. The molecule has 0 heterocycles. The first-order valence-electron chi connectivity index (χ1n) is 8.58. The highest BCUT2D eigenvalue weighted by atomic mass is 16.1. The lowest BCUT2D eigenvalue weighted by molar-refractivity contribution is -0.111. The first kappa shape index (κ1) is 18.1. The van der Waals surface area contributed by atoms with Crippen LogP contribution in [0.15, 0.2) is 78.9 Å². The minimum Gasteiger partial charge on any atom is -0.399 e. The lowest BCUT2D eigenvalue weighted by atomic mass is 10.0. The zero-order valence-corrected chi connectivity index (χ0v) is 15.0. The van der Waals surface area contributed by atoms with Gasteiger partial charge in [0.05, 0.1) is 5.69 Å². The van der Waals surface area contributed by atoms with Crippen LogP contribution >= 0.6 is 0 Å². The van der Waals surface area contributed by atoms with Gasteiger partial charge >= 0.3 is 0 Å². The van der Waals surface area contributed by atoms with E-state index in [9.17, 15) is 9.59 Å². The minimum atomic E-state index is -0.317. The summed E-state index contributed by atoms with van der Waals surface area (Å²) in [5, 5.41) is 2.77. The molecule has 0 unspecified atom stereocenters. The normalized spacial score (nSPS) is 10.7. The highest BCUT2D eigenvalue weighted by Gasteiger charge is 2.15. The van der Waals surface area contributed by atoms with Crippen LogP contribution in [0.1, 0.15) is 27.0 Å². The second kappa shape index (κ2) is 8.15. The number of ketones is 1. The lowest BCUT2D eigenvalue weighted by Crippen LogP contribution is -2.13. The average Bonchev–Trinajstić information content (AvgIpc) is 2.69. The van der Waals surface area contributed by atoms with Crippen molar-refractivity contribution in [3.8, 4) is 0 Å². The molecule has 3 aromatic carbocycles. The maximum atomic E-state index is 12.8. The van der Waals surface area contributed by atoms with Gasteiger partial charge in [-0.05, 0) is 36.8 Å². The zero-order chi connectivity index (χ0) is 19.2. The summed E-state index contributed by atoms with van der Waals surface area (Å²) in [4.78, 5) is 25.1. The maximum Gasteiger partial charge on any atom is 0.248 e. The molecule has 134 valence electrons. The Balaban J connectivity index is 1.81. The first-order chi connectivity index (χ1) is 13.0. The van der Waals surface area contributed by atoms with Crippen LogP contribution in [-0.2, 0) is 4.79 Å². The van der Waals surface area contributed by atoms with Crippen molar-refractivity contribution in [1.82, 2.24) is 0 Å². The van der Waals surface area contributed by atoms with E-state index in [0.717, 1.165) is 11.1 Å². The molecular formula is C23H20N2O2. The summed E-state index contributed by atoms with van der Waals surface area (Å²) in [6, 6.07) is 21.6. The number of anilines is 2. The largest absolute Gasteiger partial charge is 0.399 e. The van der Waals surface area contributed by atoms with Crippen LogP contribution < -0.4 is 11.1 Å². The molecule has 4 nitrogen and oxygen atoms in total. The summed E-state index contributed by atoms with van der Waals surface area (Å²) < 4.78 is 0. The molecule has 4 heteroatoms. The van der Waals surface area contributed by atoms with Crippen molar-refractivity contribution in [3.63, 3.8) is 0 Å². The molecule has 3 N–H and O–H groups in total. The van der Waals surface area contributed by atoms with Crippen LogP contribution in [0.25, 0.3) is 6.08 Å². The highest BCUT2D eigenvalue weighted by Crippen LogP contribution is 2.22. The number of nitrogen functional groups attached to an aromatic ring is 1. The standard InChI is InChI=1S/C23H20N2O2/c1-16-7-9-17(10-8-16)11-14-22(26)25-21-13-12-19(24)15-20(21)23(27)18-5-3-2-4-6-18/h2-15H,24H2,1H3,(H,25,26)/b14-11+. The molecule has 0 bridgehead atoms. The van der Waals surface area contributed by atoms with Crippen molar-refractivity contribution in [2.24, 2.45) is 0 Å². The monoisotopic (exact) mass is 356 g/mol. The lowest BCUT2D eigenvalue weighted by Gasteiger charge is -2.10. The smallest absolute Gasteiger partial charge is 0.248 e. The van der Waals surface area contributed by atoms with Gasteiger partial charge in [-0.1, -0.05) is 60.2 Å². The molecule has 0 aliphatic heterocycles. The van der Waals surface area contributed by atoms with Crippen molar-refractivity contribution in [1.29, 1.82) is 0 Å². The van der Waals surface area contributed by atoms with Crippen molar-refractivity contribution >= 4 is 29.1 Å². The third-order valence-electron chi connectivity index (χ3n) is 4.09. The predicted molar refractivity (Wildman–Crippen MR) is 110 cm³/mol. The number of hydrogen-bond donors (Lipinski definition) is 2. The molecule has 0 aliphatic carbocycles. The van der Waals surface area contributed by atoms with E-state index >= 15 is 0 Å². The molecule has 1 amide bonds. The van der Waals surface area contributed by atoms with Gasteiger partial charge in [-0.15, -0.1) is 0 Å². The van der Waals surface area contributed by atoms with E-state index in [-0.39, 0.29) is 11.7 Å². The van der Waals surface area contributed by atoms with E-state index in [1.165, 1.54) is 6.08 Å². The SMILES string of the molecule is Cc1ccc(/C=C/C(=O)Nc2ccc(N)cc2C(=O)c2ccccc2)cc1. The molecule has 0 atom stereocenters. The summed E-state index contributed by atoms with van der Waals surface area (Å²) in [6.07, 6.45) is 3.17. The fourth-order valence-corrected chi connectivity index (χ4v) is 2.63. The molecule has 0 aromatic heterocycles. The Morgan fingerprint density at radius 2 is 1.63 bits per heavy atom. The van der Waals surface area contributed by atoms with Gasteiger partial charge in [0.1, 0.15) is 0 Å². The van der Waals surface area contributed by atoms with Crippen LogP contribution in [0, 0.1) is 6.92 Å². The van der Waals surface area contributed by atoms with Gasteiger partial charge in [0, 0.05) is 22.9 Å². The Morgan fingerprint density at radius 3 is 2.33 bits per heavy atom. The third-order valence-corrected chi connectivity index (χ3v) is 4.09. The molecule has 3 rings (SSSR count). The Morgan fingerprint density at radius 1 is 0.926 bits per heavy atom. The second-order valence-corrected chi connectivity index (χ2v) is 6.23. The molecule has 0 fully saturated rings. The van der Waals surface area contributed by atoms with E-state index in [1.807, 2.05) is 37.3 Å². The van der Waals surface area contributed by atoms with Crippen LogP contribution in [-0.4, -0.2) is 11.7 Å². The van der Waals surface area contributed by atoms with Gasteiger partial charge in [0.15, 0.2) is 5.78 Å². The number of benzene rings is 3. The van der Waals surface area contributed by atoms with E-state index in [2.05, 4.69) is 5.32 Å². The Labute approximate surface area is 158 Å². The number of carbonyl (C=O) groups is 2. The molecule has 27 heavy (non-hydrogen) atoms. The number of hydrogen-bond acceptors (Lipinski definition) is 3. The molecule has 0 radical (unpaired) electrons. The van der Waals surface area contributed by atoms with Crippen LogP contribution in [0.4, 0.5) is 11.4 Å². The number of aryl methyl sites for hydroxylation is 1. The summed E-state index contributed by atoms with van der Waals surface area (Å²) in [7, 11) is 0. The summed E-state index contributed by atoms with van der Waals surface area (Å²) in [5.74, 6) is -0.511. The van der Waals surface area contributed by atoms with Crippen LogP contribution in [0.5, 0.6) is 0 Å². The average molecular weight is 356 g/mol. The number of rotatable bonds is 5. The number of nitrogens with one attached hydrogen (secondary N) is 1. The molecular weight excluding hydrogens is 336 g/mol. The van der Waals surface area contributed by atoms with Crippen molar-refractivity contribution in [2.45, 2.75) is 6.92 Å². The number of amides is 1. The molecule has 0 saturated heterocycles. The molecule has 0 saturated carbocycles. The van der Waals surface area contributed by atoms with E-state index in [4.69, 9.17) is 5.73 Å². The van der Waals surface area contributed by atoms with Gasteiger partial charge in [-0.25, -0.2) is 0 Å². The molecule has 3 aromatic rings. The summed E-state index contributed by atoms with van der Waals surface area (Å²) in [6.45, 7) is 2.01. The minimum absolute atomic E-state index is 0.194. The van der Waals surface area contributed by atoms with Crippen molar-refractivity contribution in [3.05, 3.63) is 101 Å². The van der Waals surface area contributed by atoms with Crippen LogP contribution in [0.2, 0.25) is 0 Å². The van der Waals surface area contributed by atoms with E-state index in [0.29, 0.717) is 22.5 Å². The van der Waals surface area contributed by atoms with Gasteiger partial charge in [-0.2, -0.15) is 0 Å². The van der Waals surface area contributed by atoms with Crippen molar-refractivity contribution in [2.75, 3.05) is 11.1 Å². The van der Waals surface area contributed by atoms with E-state index in [1.54, 1.807) is 48.5 Å². The summed E-state index contributed by atoms with van der Waals surface area (Å²) in [5.41, 5.74) is 9.71. The quantitative estimate of drug-likeness (QED) is 0.403.